The van der Waals surface area contributed by atoms with Crippen LogP contribution in [0.4, 0.5) is 0 Å². The van der Waals surface area contributed by atoms with E-state index in [1.165, 1.54) is 0 Å². The molecule has 24 heavy (non-hydrogen) atoms. The third-order valence-corrected chi connectivity index (χ3v) is 3.25. The Bertz CT molecular complexity index is 623. The van der Waals surface area contributed by atoms with E-state index in [1.807, 2.05) is 55.5 Å². The van der Waals surface area contributed by atoms with Crippen molar-refractivity contribution in [2.75, 3.05) is 19.8 Å². The van der Waals surface area contributed by atoms with Gasteiger partial charge >= 0.3 is 0 Å². The molecule has 2 aromatic carbocycles. The van der Waals surface area contributed by atoms with Crippen LogP contribution in [0.25, 0.3) is 0 Å². The summed E-state index contributed by atoms with van der Waals surface area (Å²) in [7, 11) is 0. The smallest absolute Gasteiger partial charge is 0.258 e. The number of hydrogen-bond donors (Lipinski definition) is 2. The highest BCUT2D eigenvalue weighted by atomic mass is 35.5. The normalized spacial score (nSPS) is 11.1. The maximum Gasteiger partial charge on any atom is 0.258 e. The van der Waals surface area contributed by atoms with E-state index in [-0.39, 0.29) is 31.0 Å². The largest absolute Gasteiger partial charge is 0.490 e. The van der Waals surface area contributed by atoms with Gasteiger partial charge in [-0.3, -0.25) is 4.79 Å². The summed E-state index contributed by atoms with van der Waals surface area (Å²) in [5.74, 6) is 0.961. The van der Waals surface area contributed by atoms with Crippen molar-refractivity contribution in [1.82, 2.24) is 5.32 Å². The van der Waals surface area contributed by atoms with Crippen LogP contribution in [0, 0.1) is 0 Å². The average Bonchev–Trinajstić information content (AvgIpc) is 2.60. The zero-order valence-corrected chi connectivity index (χ0v) is 14.4. The molecule has 1 amide bonds. The van der Waals surface area contributed by atoms with Crippen LogP contribution >= 0.6 is 12.4 Å². The first-order chi connectivity index (χ1) is 11.2. The predicted molar refractivity (Wildman–Crippen MR) is 96.7 cm³/mol. The van der Waals surface area contributed by atoms with Gasteiger partial charge in [0.15, 0.2) is 18.1 Å². The van der Waals surface area contributed by atoms with Gasteiger partial charge in [-0.25, -0.2) is 0 Å². The summed E-state index contributed by atoms with van der Waals surface area (Å²) in [5, 5.41) is 2.77. The molecule has 0 bridgehead atoms. The van der Waals surface area contributed by atoms with Crippen LogP contribution in [0.2, 0.25) is 0 Å². The molecule has 0 saturated carbocycles. The summed E-state index contributed by atoms with van der Waals surface area (Å²) >= 11 is 0. The summed E-state index contributed by atoms with van der Waals surface area (Å²) < 4.78 is 11.0. The molecule has 0 aliphatic heterocycles. The fraction of sp³-hybridized carbons (Fsp3) is 0.278. The molecule has 2 aromatic rings. The number of hydrogen-bond acceptors (Lipinski definition) is 4. The van der Waals surface area contributed by atoms with Crippen molar-refractivity contribution in [1.29, 1.82) is 0 Å². The molecule has 0 saturated heterocycles. The number of para-hydroxylation sites is 2. The van der Waals surface area contributed by atoms with E-state index in [0.29, 0.717) is 24.7 Å². The number of carbonyl (C=O) groups excluding carboxylic acids is 1. The summed E-state index contributed by atoms with van der Waals surface area (Å²) in [6, 6.07) is 16.7. The Morgan fingerprint density at radius 1 is 1.04 bits per heavy atom. The fourth-order valence-electron chi connectivity index (χ4n) is 2.08. The van der Waals surface area contributed by atoms with Gasteiger partial charge in [-0.15, -0.1) is 12.4 Å². The molecule has 130 valence electrons. The molecule has 5 nitrogen and oxygen atoms in total. The zero-order valence-electron chi connectivity index (χ0n) is 13.6. The second-order valence-corrected chi connectivity index (χ2v) is 4.99. The molecule has 0 heterocycles. The number of ether oxygens (including phenoxy) is 2. The lowest BCUT2D eigenvalue weighted by atomic mass is 10.1. The van der Waals surface area contributed by atoms with Crippen molar-refractivity contribution in [2.45, 2.75) is 13.0 Å². The van der Waals surface area contributed by atoms with Gasteiger partial charge in [-0.1, -0.05) is 42.5 Å². The van der Waals surface area contributed by atoms with Crippen LogP contribution in [0.5, 0.6) is 11.5 Å². The van der Waals surface area contributed by atoms with Crippen molar-refractivity contribution in [3.8, 4) is 11.5 Å². The van der Waals surface area contributed by atoms with Gasteiger partial charge in [-0.05, 0) is 24.6 Å². The van der Waals surface area contributed by atoms with Crippen molar-refractivity contribution in [2.24, 2.45) is 5.73 Å². The van der Waals surface area contributed by atoms with E-state index in [2.05, 4.69) is 5.32 Å². The van der Waals surface area contributed by atoms with Gasteiger partial charge in [0.1, 0.15) is 0 Å². The van der Waals surface area contributed by atoms with Crippen molar-refractivity contribution in [3.63, 3.8) is 0 Å². The second kappa shape index (κ2) is 10.5. The minimum atomic E-state index is -0.240. The topological polar surface area (TPSA) is 73.6 Å². The van der Waals surface area contributed by atoms with E-state index in [1.54, 1.807) is 6.07 Å². The number of carbonyl (C=O) groups is 1. The van der Waals surface area contributed by atoms with Crippen molar-refractivity contribution < 1.29 is 14.3 Å². The lowest BCUT2D eigenvalue weighted by Gasteiger charge is -2.14. The molecule has 6 heteroatoms. The quantitative estimate of drug-likeness (QED) is 0.767. The van der Waals surface area contributed by atoms with Gasteiger partial charge in [-0.2, -0.15) is 0 Å². The van der Waals surface area contributed by atoms with Crippen molar-refractivity contribution in [3.05, 3.63) is 60.2 Å². The van der Waals surface area contributed by atoms with Gasteiger partial charge < -0.3 is 20.5 Å². The Morgan fingerprint density at radius 2 is 1.62 bits per heavy atom. The molecule has 0 fully saturated rings. The first-order valence-corrected chi connectivity index (χ1v) is 7.62. The Hall–Kier alpha value is -2.24. The van der Waals surface area contributed by atoms with E-state index >= 15 is 0 Å². The molecular formula is C18H23ClN2O3. The van der Waals surface area contributed by atoms with Crippen LogP contribution in [-0.2, 0) is 4.79 Å². The van der Waals surface area contributed by atoms with Crippen LogP contribution < -0.4 is 20.5 Å². The Labute approximate surface area is 148 Å². The highest BCUT2D eigenvalue weighted by Crippen LogP contribution is 2.26. The molecular weight excluding hydrogens is 328 g/mol. The summed E-state index contributed by atoms with van der Waals surface area (Å²) in [4.78, 5) is 11.9. The lowest BCUT2D eigenvalue weighted by Crippen LogP contribution is -2.35. The third-order valence-electron chi connectivity index (χ3n) is 3.25. The fourth-order valence-corrected chi connectivity index (χ4v) is 2.08. The average molecular weight is 351 g/mol. The lowest BCUT2D eigenvalue weighted by molar-refractivity contribution is -0.123. The predicted octanol–water partition coefficient (Wildman–Crippen LogP) is 2.70. The van der Waals surface area contributed by atoms with Crippen molar-refractivity contribution >= 4 is 18.3 Å². The number of nitrogens with one attached hydrogen (secondary N) is 1. The first kappa shape index (κ1) is 19.8. The minimum absolute atomic E-state index is 0. The van der Waals surface area contributed by atoms with Crippen LogP contribution in [0.3, 0.4) is 0 Å². The maximum atomic E-state index is 11.9. The molecule has 1 atom stereocenters. The monoisotopic (exact) mass is 350 g/mol. The minimum Gasteiger partial charge on any atom is -0.490 e. The molecule has 0 aliphatic carbocycles. The second-order valence-electron chi connectivity index (χ2n) is 4.99. The van der Waals surface area contributed by atoms with E-state index < -0.39 is 0 Å². The Morgan fingerprint density at radius 3 is 2.25 bits per heavy atom. The maximum absolute atomic E-state index is 11.9. The molecule has 0 aliphatic rings. The molecule has 1 unspecified atom stereocenters. The molecule has 2 rings (SSSR count). The van der Waals surface area contributed by atoms with Gasteiger partial charge in [0.05, 0.1) is 6.61 Å². The first-order valence-electron chi connectivity index (χ1n) is 7.62. The molecule has 0 aromatic heterocycles. The SMILES string of the molecule is CCOc1ccccc1OCC(=O)NCC(N)c1ccccc1.Cl. The van der Waals surface area contributed by atoms with Gasteiger partial charge in [0.2, 0.25) is 0 Å². The van der Waals surface area contributed by atoms with E-state index in [4.69, 9.17) is 15.2 Å². The Balaban J connectivity index is 0.00000288. The van der Waals surface area contributed by atoms with E-state index in [9.17, 15) is 4.79 Å². The number of halogens is 1. The van der Waals surface area contributed by atoms with Crippen LogP contribution in [0.1, 0.15) is 18.5 Å². The third kappa shape index (κ3) is 6.10. The van der Waals surface area contributed by atoms with Crippen LogP contribution in [-0.4, -0.2) is 25.7 Å². The molecule has 0 radical (unpaired) electrons. The zero-order chi connectivity index (χ0) is 16.5. The van der Waals surface area contributed by atoms with Gasteiger partial charge in [0, 0.05) is 12.6 Å². The highest BCUT2D eigenvalue weighted by Gasteiger charge is 2.10. The molecule has 0 spiro atoms. The Kier molecular flexibility index (Phi) is 8.68. The number of rotatable bonds is 8. The molecule has 3 N–H and O–H groups in total. The van der Waals surface area contributed by atoms with Gasteiger partial charge in [0.25, 0.3) is 5.91 Å². The summed E-state index contributed by atoms with van der Waals surface area (Å²) in [6.07, 6.45) is 0. The standard InChI is InChI=1S/C18H22N2O3.ClH/c1-2-22-16-10-6-7-11-17(16)23-13-18(21)20-12-15(19)14-8-4-3-5-9-14;/h3-11,15H,2,12-13,19H2,1H3,(H,20,21);1H. The number of nitrogens with two attached hydrogens (primary N) is 1. The van der Waals surface area contributed by atoms with Crippen LogP contribution in [0.15, 0.2) is 54.6 Å². The number of amides is 1. The summed E-state index contributed by atoms with van der Waals surface area (Å²) in [5.41, 5.74) is 7.02. The number of benzene rings is 2. The summed E-state index contributed by atoms with van der Waals surface area (Å²) in [6.45, 7) is 2.72. The highest BCUT2D eigenvalue weighted by molar-refractivity contribution is 5.85. The van der Waals surface area contributed by atoms with E-state index in [0.717, 1.165) is 5.56 Å².